The monoisotopic (exact) mass is 373 g/mol. The van der Waals surface area contributed by atoms with Crippen LogP contribution in [0.5, 0.6) is 0 Å². The summed E-state index contributed by atoms with van der Waals surface area (Å²) in [6.07, 6.45) is 3.00. The molecule has 0 unspecified atom stereocenters. The van der Waals surface area contributed by atoms with Crippen molar-refractivity contribution in [3.05, 3.63) is 41.3 Å². The number of H-pyrrole nitrogens is 1. The molecule has 3 aromatic rings. The van der Waals surface area contributed by atoms with E-state index in [0.717, 1.165) is 36.2 Å². The fraction of sp³-hybridized carbons (Fsp3) is 0.250. The lowest BCUT2D eigenvalue weighted by Crippen LogP contribution is -2.16. The van der Waals surface area contributed by atoms with E-state index in [9.17, 15) is 9.18 Å². The molecule has 8 nitrogen and oxygen atoms in total. The number of aromatic amines is 1. The molecular weight excluding hydrogens is 357 g/mol. The number of amides is 1. The number of anilines is 1. The molecule has 0 spiro atoms. The first-order valence-electron chi connectivity index (χ1n) is 8.07. The van der Waals surface area contributed by atoms with Gasteiger partial charge in [-0.05, 0) is 43.5 Å². The van der Waals surface area contributed by atoms with E-state index in [1.54, 1.807) is 0 Å². The first-order chi connectivity index (χ1) is 12.6. The van der Waals surface area contributed by atoms with Crippen LogP contribution in [0.2, 0.25) is 0 Å². The van der Waals surface area contributed by atoms with Gasteiger partial charge in [0.05, 0.1) is 5.75 Å². The average molecular weight is 373 g/mol. The molecule has 134 valence electrons. The topological polar surface area (TPSA) is 115 Å². The number of carbonyl (C=O) groups is 1. The minimum absolute atomic E-state index is 0.103. The molecule has 1 amide bonds. The highest BCUT2D eigenvalue weighted by Gasteiger charge is 2.24. The van der Waals surface area contributed by atoms with E-state index in [1.165, 1.54) is 40.7 Å². The summed E-state index contributed by atoms with van der Waals surface area (Å²) in [4.78, 5) is 12.0. The number of hydrogen-bond acceptors (Lipinski definition) is 6. The lowest BCUT2D eigenvalue weighted by atomic mass is 10.2. The summed E-state index contributed by atoms with van der Waals surface area (Å²) in [5.41, 5.74) is 3.50. The fourth-order valence-electron chi connectivity index (χ4n) is 2.90. The molecule has 0 aliphatic heterocycles. The Hall–Kier alpha value is -2.88. The Bertz CT molecular complexity index is 950. The van der Waals surface area contributed by atoms with E-state index in [2.05, 4.69) is 25.7 Å². The number of aryl methyl sites for hydroxylation is 1. The van der Waals surface area contributed by atoms with Gasteiger partial charge in [-0.3, -0.25) is 9.89 Å². The van der Waals surface area contributed by atoms with E-state index in [-0.39, 0.29) is 17.5 Å². The van der Waals surface area contributed by atoms with Crippen molar-refractivity contribution in [3.8, 4) is 11.5 Å². The lowest BCUT2D eigenvalue weighted by Gasteiger charge is -2.05. The molecule has 0 bridgehead atoms. The molecular formula is C16H16FN7OS. The third kappa shape index (κ3) is 3.15. The molecule has 10 heteroatoms. The molecule has 1 aromatic carbocycles. The minimum atomic E-state index is -0.356. The van der Waals surface area contributed by atoms with Gasteiger partial charge in [0.1, 0.15) is 11.5 Å². The molecule has 0 radical (unpaired) electrons. The van der Waals surface area contributed by atoms with E-state index in [4.69, 9.17) is 5.84 Å². The quantitative estimate of drug-likeness (QED) is 0.464. The number of hydrogen-bond donors (Lipinski definition) is 3. The average Bonchev–Trinajstić information content (AvgIpc) is 3.32. The number of rotatable bonds is 5. The number of fused-ring (bicyclic) bond motifs is 1. The molecule has 1 aliphatic carbocycles. The molecule has 4 N–H and O–H groups in total. The maximum absolute atomic E-state index is 12.9. The second kappa shape index (κ2) is 6.79. The summed E-state index contributed by atoms with van der Waals surface area (Å²) >= 11 is 1.17. The van der Waals surface area contributed by atoms with Gasteiger partial charge in [0.2, 0.25) is 16.9 Å². The normalized spacial score (nSPS) is 13.0. The highest BCUT2D eigenvalue weighted by molar-refractivity contribution is 7.99. The summed E-state index contributed by atoms with van der Waals surface area (Å²) < 4.78 is 14.2. The highest BCUT2D eigenvalue weighted by Crippen LogP contribution is 2.30. The van der Waals surface area contributed by atoms with Crippen LogP contribution in [0.1, 0.15) is 17.7 Å². The Morgan fingerprint density at radius 1 is 1.31 bits per heavy atom. The van der Waals surface area contributed by atoms with E-state index < -0.39 is 0 Å². The minimum Gasteiger partial charge on any atom is -0.335 e. The summed E-state index contributed by atoms with van der Waals surface area (Å²) in [5, 5.41) is 18.6. The SMILES string of the molecule is Nn1c(SCC(=O)Nc2ccc(F)cc2)nnc1-c1n[nH]c2c1CCC2. The zero-order chi connectivity index (χ0) is 18.1. The Balaban J connectivity index is 1.42. The van der Waals surface area contributed by atoms with Gasteiger partial charge < -0.3 is 11.2 Å². The number of halogens is 1. The maximum atomic E-state index is 12.9. The van der Waals surface area contributed by atoms with Crippen LogP contribution in [0, 0.1) is 5.82 Å². The molecule has 2 aromatic heterocycles. The molecule has 0 atom stereocenters. The van der Waals surface area contributed by atoms with E-state index in [0.29, 0.717) is 16.7 Å². The van der Waals surface area contributed by atoms with Crippen LogP contribution in [0.25, 0.3) is 11.5 Å². The van der Waals surface area contributed by atoms with Crippen LogP contribution >= 0.6 is 11.8 Å². The lowest BCUT2D eigenvalue weighted by molar-refractivity contribution is -0.113. The first kappa shape index (κ1) is 16.6. The third-order valence-electron chi connectivity index (χ3n) is 4.14. The summed E-state index contributed by atoms with van der Waals surface area (Å²) in [6.45, 7) is 0. The summed E-state index contributed by atoms with van der Waals surface area (Å²) in [5.74, 6) is 6.07. The van der Waals surface area contributed by atoms with Crippen molar-refractivity contribution in [3.63, 3.8) is 0 Å². The number of nitrogens with one attached hydrogen (secondary N) is 2. The van der Waals surface area contributed by atoms with Crippen molar-refractivity contribution in [1.29, 1.82) is 0 Å². The summed E-state index contributed by atoms with van der Waals surface area (Å²) in [6, 6.07) is 5.57. The van der Waals surface area contributed by atoms with E-state index in [1.807, 2.05) is 0 Å². The van der Waals surface area contributed by atoms with Gasteiger partial charge in [-0.15, -0.1) is 10.2 Å². The largest absolute Gasteiger partial charge is 0.335 e. The number of thioether (sulfide) groups is 1. The molecule has 26 heavy (non-hydrogen) atoms. The van der Waals surface area contributed by atoms with Crippen molar-refractivity contribution in [2.24, 2.45) is 0 Å². The van der Waals surface area contributed by atoms with Crippen molar-refractivity contribution in [1.82, 2.24) is 25.1 Å². The maximum Gasteiger partial charge on any atom is 0.234 e. The number of nitrogens with zero attached hydrogens (tertiary/aromatic N) is 4. The molecule has 2 heterocycles. The second-order valence-corrected chi connectivity index (χ2v) is 6.85. The number of nitrogens with two attached hydrogens (primary N) is 1. The van der Waals surface area contributed by atoms with Gasteiger partial charge in [-0.25, -0.2) is 9.07 Å². The molecule has 0 saturated carbocycles. The predicted molar refractivity (Wildman–Crippen MR) is 95.5 cm³/mol. The number of benzene rings is 1. The van der Waals surface area contributed by atoms with Crippen molar-refractivity contribution < 1.29 is 9.18 Å². The van der Waals surface area contributed by atoms with Gasteiger partial charge in [0.25, 0.3) is 0 Å². The smallest absolute Gasteiger partial charge is 0.234 e. The summed E-state index contributed by atoms with van der Waals surface area (Å²) in [7, 11) is 0. The van der Waals surface area contributed by atoms with Crippen LogP contribution in [-0.4, -0.2) is 36.7 Å². The Morgan fingerprint density at radius 2 is 2.12 bits per heavy atom. The zero-order valence-electron chi connectivity index (χ0n) is 13.7. The van der Waals surface area contributed by atoms with Crippen LogP contribution in [0.3, 0.4) is 0 Å². The fourth-order valence-corrected chi connectivity index (χ4v) is 3.56. The van der Waals surface area contributed by atoms with Gasteiger partial charge in [-0.1, -0.05) is 11.8 Å². The Kier molecular flexibility index (Phi) is 4.33. The van der Waals surface area contributed by atoms with Gasteiger partial charge in [-0.2, -0.15) is 5.10 Å². The molecule has 0 saturated heterocycles. The van der Waals surface area contributed by atoms with Gasteiger partial charge in [0.15, 0.2) is 0 Å². The molecule has 4 rings (SSSR count). The van der Waals surface area contributed by atoms with Crippen LogP contribution in [0.4, 0.5) is 10.1 Å². The van der Waals surface area contributed by atoms with Gasteiger partial charge in [0, 0.05) is 16.9 Å². The predicted octanol–water partition coefficient (Wildman–Crippen LogP) is 1.74. The second-order valence-electron chi connectivity index (χ2n) is 5.90. The standard InChI is InChI=1S/C16H16FN7OS/c17-9-4-6-10(7-5-9)19-13(25)8-26-16-23-22-15(24(16)18)14-11-2-1-3-12(11)20-21-14/h4-7H,1-3,8,18H2,(H,19,25)(H,20,21). The highest BCUT2D eigenvalue weighted by atomic mass is 32.2. The molecule has 0 fully saturated rings. The first-order valence-corrected chi connectivity index (χ1v) is 9.05. The Labute approximate surface area is 152 Å². The van der Waals surface area contributed by atoms with Crippen molar-refractivity contribution in [2.75, 3.05) is 16.9 Å². The van der Waals surface area contributed by atoms with Crippen LogP contribution < -0.4 is 11.2 Å². The number of carbonyl (C=O) groups excluding carboxylic acids is 1. The number of aromatic nitrogens is 5. The zero-order valence-corrected chi connectivity index (χ0v) is 14.5. The van der Waals surface area contributed by atoms with Crippen LogP contribution in [-0.2, 0) is 17.6 Å². The molecule has 1 aliphatic rings. The third-order valence-corrected chi connectivity index (χ3v) is 5.09. The van der Waals surface area contributed by atoms with Crippen LogP contribution in [0.15, 0.2) is 29.4 Å². The van der Waals surface area contributed by atoms with Crippen molar-refractivity contribution >= 4 is 23.4 Å². The van der Waals surface area contributed by atoms with E-state index >= 15 is 0 Å². The Morgan fingerprint density at radius 3 is 2.92 bits per heavy atom. The van der Waals surface area contributed by atoms with Gasteiger partial charge >= 0.3 is 0 Å². The number of nitrogen functional groups attached to an aromatic ring is 1. The van der Waals surface area contributed by atoms with Crippen molar-refractivity contribution in [2.45, 2.75) is 24.4 Å².